The fourth-order valence-corrected chi connectivity index (χ4v) is 4.78. The summed E-state index contributed by atoms with van der Waals surface area (Å²) in [6.07, 6.45) is 3.94. The molecule has 2 saturated heterocycles. The van der Waals surface area contributed by atoms with E-state index in [-0.39, 0.29) is 5.54 Å². The van der Waals surface area contributed by atoms with Gasteiger partial charge in [0.2, 0.25) is 0 Å². The van der Waals surface area contributed by atoms with Crippen molar-refractivity contribution in [3.63, 3.8) is 0 Å². The van der Waals surface area contributed by atoms with Gasteiger partial charge in [-0.15, -0.1) is 0 Å². The predicted molar refractivity (Wildman–Crippen MR) is 105 cm³/mol. The summed E-state index contributed by atoms with van der Waals surface area (Å²) in [5.41, 5.74) is 0.128. The van der Waals surface area contributed by atoms with Crippen LogP contribution in [-0.2, 0) is 4.74 Å². The highest BCUT2D eigenvalue weighted by molar-refractivity contribution is 8.00. The number of guanidine groups is 1. The lowest BCUT2D eigenvalue weighted by molar-refractivity contribution is 0.00765. The number of rotatable bonds is 5. The number of hydrogen-bond donors (Lipinski definition) is 1. The Bertz CT molecular complexity index is 408. The smallest absolute Gasteiger partial charge is 0.193 e. The van der Waals surface area contributed by atoms with Crippen molar-refractivity contribution in [1.82, 2.24) is 15.1 Å². The maximum Gasteiger partial charge on any atom is 0.193 e. The first-order valence-electron chi connectivity index (χ1n) is 9.35. The molecule has 2 rings (SSSR count). The molecule has 0 saturated carbocycles. The summed E-state index contributed by atoms with van der Waals surface area (Å²) in [5.74, 6) is 2.27. The maximum atomic E-state index is 5.50. The zero-order chi connectivity index (χ0) is 17.6. The van der Waals surface area contributed by atoms with Gasteiger partial charge in [-0.25, -0.2) is 0 Å². The molecule has 1 atom stereocenters. The third-order valence-electron chi connectivity index (χ3n) is 5.42. The molecule has 6 heteroatoms. The summed E-state index contributed by atoms with van der Waals surface area (Å²) < 4.78 is 5.50. The van der Waals surface area contributed by atoms with Crippen molar-refractivity contribution in [3.05, 3.63) is 0 Å². The lowest BCUT2D eigenvalue weighted by Crippen LogP contribution is -2.57. The summed E-state index contributed by atoms with van der Waals surface area (Å²) in [4.78, 5) is 9.55. The SMILES string of the molecule is CCC1CN(C(=NC)NCC(C)(C)N2CCC(OC)CC2)CCS1. The first-order chi connectivity index (χ1) is 11.5. The van der Waals surface area contributed by atoms with E-state index in [9.17, 15) is 0 Å². The number of thioether (sulfide) groups is 1. The van der Waals surface area contributed by atoms with Crippen LogP contribution < -0.4 is 5.32 Å². The van der Waals surface area contributed by atoms with E-state index in [1.54, 1.807) is 0 Å². The second-order valence-electron chi connectivity index (χ2n) is 7.48. The van der Waals surface area contributed by atoms with Gasteiger partial charge in [0.1, 0.15) is 0 Å². The molecule has 0 radical (unpaired) electrons. The van der Waals surface area contributed by atoms with Gasteiger partial charge in [0.15, 0.2) is 5.96 Å². The maximum absolute atomic E-state index is 5.50. The van der Waals surface area contributed by atoms with Crippen LogP contribution in [0.5, 0.6) is 0 Å². The van der Waals surface area contributed by atoms with Crippen LogP contribution in [0.1, 0.15) is 40.0 Å². The highest BCUT2D eigenvalue weighted by Gasteiger charge is 2.31. The largest absolute Gasteiger partial charge is 0.381 e. The molecule has 0 aromatic carbocycles. The van der Waals surface area contributed by atoms with Crippen molar-refractivity contribution in [2.24, 2.45) is 4.99 Å². The third-order valence-corrected chi connectivity index (χ3v) is 6.79. The Kier molecular flexibility index (Phi) is 7.69. The minimum Gasteiger partial charge on any atom is -0.381 e. The lowest BCUT2D eigenvalue weighted by Gasteiger charge is -2.43. The van der Waals surface area contributed by atoms with Crippen molar-refractivity contribution >= 4 is 17.7 Å². The van der Waals surface area contributed by atoms with Crippen LogP contribution in [0.3, 0.4) is 0 Å². The summed E-state index contributed by atoms with van der Waals surface area (Å²) in [6, 6.07) is 0. The molecule has 0 bridgehead atoms. The van der Waals surface area contributed by atoms with E-state index in [1.807, 2.05) is 14.2 Å². The molecule has 0 aromatic rings. The molecule has 0 spiro atoms. The summed E-state index contributed by atoms with van der Waals surface area (Å²) in [7, 11) is 3.74. The highest BCUT2D eigenvalue weighted by atomic mass is 32.2. The average molecular weight is 357 g/mol. The van der Waals surface area contributed by atoms with Crippen LogP contribution in [0.15, 0.2) is 4.99 Å². The highest BCUT2D eigenvalue weighted by Crippen LogP contribution is 2.23. The van der Waals surface area contributed by atoms with Crippen LogP contribution in [0.2, 0.25) is 0 Å². The average Bonchev–Trinajstić information content (AvgIpc) is 2.62. The molecule has 0 aromatic heterocycles. The fraction of sp³-hybridized carbons (Fsp3) is 0.944. The minimum absolute atomic E-state index is 0.128. The number of hydrogen-bond acceptors (Lipinski definition) is 4. The quantitative estimate of drug-likeness (QED) is 0.604. The summed E-state index contributed by atoms with van der Waals surface area (Å²) >= 11 is 2.10. The number of aliphatic imine (C=N–C) groups is 1. The van der Waals surface area contributed by atoms with Gasteiger partial charge in [-0.2, -0.15) is 11.8 Å². The zero-order valence-electron chi connectivity index (χ0n) is 16.2. The Morgan fingerprint density at radius 3 is 2.58 bits per heavy atom. The monoisotopic (exact) mass is 356 g/mol. The van der Waals surface area contributed by atoms with Crippen molar-refractivity contribution in [2.45, 2.75) is 56.9 Å². The number of ether oxygens (including phenoxy) is 1. The van der Waals surface area contributed by atoms with Gasteiger partial charge < -0.3 is 15.0 Å². The third kappa shape index (κ3) is 5.27. The second kappa shape index (κ2) is 9.30. The molecule has 24 heavy (non-hydrogen) atoms. The molecule has 0 amide bonds. The van der Waals surface area contributed by atoms with Gasteiger partial charge >= 0.3 is 0 Å². The van der Waals surface area contributed by atoms with Gasteiger partial charge in [-0.3, -0.25) is 9.89 Å². The van der Waals surface area contributed by atoms with E-state index in [1.165, 1.54) is 12.2 Å². The molecular formula is C18H36N4OS. The topological polar surface area (TPSA) is 40.1 Å². The van der Waals surface area contributed by atoms with Crippen LogP contribution in [0.4, 0.5) is 0 Å². The van der Waals surface area contributed by atoms with E-state index < -0.39 is 0 Å². The molecule has 1 unspecified atom stereocenters. The minimum atomic E-state index is 0.128. The first kappa shape index (κ1) is 19.9. The number of methoxy groups -OCH3 is 1. The molecule has 2 aliphatic rings. The zero-order valence-corrected chi connectivity index (χ0v) is 17.0. The van der Waals surface area contributed by atoms with Crippen molar-refractivity contribution in [2.75, 3.05) is 52.6 Å². The normalized spacial score (nSPS) is 25.1. The molecule has 2 heterocycles. The number of piperidine rings is 1. The van der Waals surface area contributed by atoms with E-state index in [2.05, 4.69) is 52.6 Å². The summed E-state index contributed by atoms with van der Waals surface area (Å²) in [5, 5.41) is 4.37. The molecule has 0 aliphatic carbocycles. The Morgan fingerprint density at radius 1 is 1.29 bits per heavy atom. The van der Waals surface area contributed by atoms with Crippen LogP contribution >= 0.6 is 11.8 Å². The van der Waals surface area contributed by atoms with E-state index in [0.717, 1.165) is 56.8 Å². The first-order valence-corrected chi connectivity index (χ1v) is 10.4. The lowest BCUT2D eigenvalue weighted by atomic mass is 9.97. The number of nitrogens with zero attached hydrogens (tertiary/aromatic N) is 3. The summed E-state index contributed by atoms with van der Waals surface area (Å²) in [6.45, 7) is 12.3. The second-order valence-corrected chi connectivity index (χ2v) is 8.89. The number of nitrogens with one attached hydrogen (secondary N) is 1. The molecular weight excluding hydrogens is 320 g/mol. The molecule has 140 valence electrons. The molecule has 2 aliphatic heterocycles. The van der Waals surface area contributed by atoms with Gasteiger partial charge in [-0.1, -0.05) is 6.92 Å². The van der Waals surface area contributed by atoms with Gasteiger partial charge in [0, 0.05) is 63.4 Å². The van der Waals surface area contributed by atoms with E-state index >= 15 is 0 Å². The molecule has 2 fully saturated rings. The Labute approximate surface area is 152 Å². The van der Waals surface area contributed by atoms with Crippen molar-refractivity contribution in [3.8, 4) is 0 Å². The standard InChI is InChI=1S/C18H36N4OS/c1-6-16-13-21(11-12-24-16)17(19-4)20-14-18(2,3)22-9-7-15(23-5)8-10-22/h15-16H,6-14H2,1-5H3,(H,19,20). The Balaban J connectivity index is 1.85. The van der Waals surface area contributed by atoms with Gasteiger partial charge in [-0.05, 0) is 33.1 Å². The Morgan fingerprint density at radius 2 is 2.00 bits per heavy atom. The predicted octanol–water partition coefficient (Wildman–Crippen LogP) is 2.28. The van der Waals surface area contributed by atoms with Gasteiger partial charge in [0.25, 0.3) is 0 Å². The molecule has 1 N–H and O–H groups in total. The van der Waals surface area contributed by atoms with Crippen LogP contribution in [0, 0.1) is 0 Å². The van der Waals surface area contributed by atoms with Crippen molar-refractivity contribution in [1.29, 1.82) is 0 Å². The van der Waals surface area contributed by atoms with Crippen LogP contribution in [-0.4, -0.2) is 85.3 Å². The van der Waals surface area contributed by atoms with Gasteiger partial charge in [0.05, 0.1) is 6.10 Å². The van der Waals surface area contributed by atoms with Crippen molar-refractivity contribution < 1.29 is 4.74 Å². The number of likely N-dealkylation sites (tertiary alicyclic amines) is 1. The Hall–Kier alpha value is -0.460. The van der Waals surface area contributed by atoms with E-state index in [0.29, 0.717) is 6.10 Å². The van der Waals surface area contributed by atoms with E-state index in [4.69, 9.17) is 4.74 Å². The molecule has 5 nitrogen and oxygen atoms in total. The fourth-order valence-electron chi connectivity index (χ4n) is 3.59. The van der Waals surface area contributed by atoms with Crippen LogP contribution in [0.25, 0.3) is 0 Å².